The Hall–Kier alpha value is -1.84. The highest BCUT2D eigenvalue weighted by molar-refractivity contribution is 6.30. The van der Waals surface area contributed by atoms with Crippen molar-refractivity contribution in [1.82, 2.24) is 5.32 Å². The molecule has 23 heavy (non-hydrogen) atoms. The van der Waals surface area contributed by atoms with E-state index in [1.165, 1.54) is 16.0 Å². The van der Waals surface area contributed by atoms with Gasteiger partial charge in [-0.15, -0.1) is 0 Å². The maximum absolute atomic E-state index is 12.2. The number of quaternary nitrogens is 1. The van der Waals surface area contributed by atoms with E-state index in [1.807, 2.05) is 50.4 Å². The van der Waals surface area contributed by atoms with Gasteiger partial charge in [0.15, 0.2) is 6.54 Å². The first-order valence-electron chi connectivity index (χ1n) is 7.86. The molecule has 2 aromatic rings. The van der Waals surface area contributed by atoms with Gasteiger partial charge in [-0.1, -0.05) is 48.0 Å². The van der Waals surface area contributed by atoms with Crippen molar-refractivity contribution in [3.8, 4) is 0 Å². The van der Waals surface area contributed by atoms with E-state index >= 15 is 0 Å². The molecule has 4 heteroatoms. The third kappa shape index (κ3) is 5.38. The van der Waals surface area contributed by atoms with Crippen molar-refractivity contribution >= 4 is 17.5 Å². The Morgan fingerprint density at radius 1 is 1.17 bits per heavy atom. The Kier molecular flexibility index (Phi) is 6.20. The monoisotopic (exact) mass is 331 g/mol. The molecule has 0 aliphatic heterocycles. The van der Waals surface area contributed by atoms with Gasteiger partial charge in [0, 0.05) is 10.6 Å². The van der Waals surface area contributed by atoms with E-state index in [1.54, 1.807) is 0 Å². The Morgan fingerprint density at radius 3 is 2.48 bits per heavy atom. The highest BCUT2D eigenvalue weighted by Crippen LogP contribution is 2.15. The third-order valence-corrected chi connectivity index (χ3v) is 4.22. The van der Waals surface area contributed by atoms with Crippen LogP contribution in [0.15, 0.2) is 48.5 Å². The van der Waals surface area contributed by atoms with Gasteiger partial charge in [0.25, 0.3) is 5.91 Å². The second-order valence-electron chi connectivity index (χ2n) is 6.08. The number of hydrogen-bond donors (Lipinski definition) is 2. The molecule has 2 aromatic carbocycles. The van der Waals surface area contributed by atoms with E-state index in [-0.39, 0.29) is 11.9 Å². The predicted octanol–water partition coefficient (Wildman–Crippen LogP) is 2.54. The number of likely N-dealkylation sites (N-methyl/N-ethyl adjacent to an activating group) is 1. The van der Waals surface area contributed by atoms with Gasteiger partial charge in [0.05, 0.1) is 13.1 Å². The van der Waals surface area contributed by atoms with E-state index in [9.17, 15) is 4.79 Å². The fraction of sp³-hybridized carbons (Fsp3) is 0.316. The van der Waals surface area contributed by atoms with Crippen LogP contribution in [0.25, 0.3) is 0 Å². The summed E-state index contributed by atoms with van der Waals surface area (Å²) >= 11 is 5.89. The van der Waals surface area contributed by atoms with Crippen molar-refractivity contribution < 1.29 is 9.69 Å². The fourth-order valence-corrected chi connectivity index (χ4v) is 2.72. The van der Waals surface area contributed by atoms with E-state index in [2.05, 4.69) is 24.4 Å². The molecular weight excluding hydrogens is 308 g/mol. The SMILES string of the molecule is Cc1ccccc1C[NH+](C)CC(=O)N[C@@H](C)c1ccc(Cl)cc1. The van der Waals surface area contributed by atoms with Crippen molar-refractivity contribution in [3.63, 3.8) is 0 Å². The average molecular weight is 332 g/mol. The Bertz CT molecular complexity index is 655. The summed E-state index contributed by atoms with van der Waals surface area (Å²) in [7, 11) is 2.04. The number of halogens is 1. The van der Waals surface area contributed by atoms with Crippen LogP contribution in [0.5, 0.6) is 0 Å². The molecule has 1 unspecified atom stereocenters. The molecule has 122 valence electrons. The molecule has 1 amide bonds. The largest absolute Gasteiger partial charge is 0.345 e. The normalized spacial score (nSPS) is 13.4. The number of amides is 1. The topological polar surface area (TPSA) is 33.5 Å². The summed E-state index contributed by atoms with van der Waals surface area (Å²) in [4.78, 5) is 13.4. The first-order chi connectivity index (χ1) is 11.0. The minimum absolute atomic E-state index is 0.0222. The second kappa shape index (κ2) is 8.14. The molecule has 0 spiro atoms. The Morgan fingerprint density at radius 2 is 1.83 bits per heavy atom. The lowest BCUT2D eigenvalue weighted by atomic mass is 10.1. The minimum atomic E-state index is -0.0222. The number of benzene rings is 2. The number of carbonyl (C=O) groups is 1. The molecular formula is C19H24ClN2O+. The van der Waals surface area contributed by atoms with Crippen molar-refractivity contribution in [3.05, 3.63) is 70.2 Å². The second-order valence-corrected chi connectivity index (χ2v) is 6.51. The van der Waals surface area contributed by atoms with Crippen LogP contribution in [0, 0.1) is 6.92 Å². The number of hydrogen-bond acceptors (Lipinski definition) is 1. The van der Waals surface area contributed by atoms with Crippen LogP contribution in [0.3, 0.4) is 0 Å². The highest BCUT2D eigenvalue weighted by atomic mass is 35.5. The molecule has 2 rings (SSSR count). The van der Waals surface area contributed by atoms with Crippen LogP contribution in [0.2, 0.25) is 5.02 Å². The summed E-state index contributed by atoms with van der Waals surface area (Å²) in [5, 5.41) is 3.75. The van der Waals surface area contributed by atoms with Crippen LogP contribution in [0.4, 0.5) is 0 Å². The summed E-state index contributed by atoms with van der Waals surface area (Å²) in [6.07, 6.45) is 0. The zero-order chi connectivity index (χ0) is 16.8. The summed E-state index contributed by atoms with van der Waals surface area (Å²) < 4.78 is 0. The summed E-state index contributed by atoms with van der Waals surface area (Å²) in [5.74, 6) is 0.0542. The van der Waals surface area contributed by atoms with Gasteiger partial charge in [0.1, 0.15) is 6.54 Å². The third-order valence-electron chi connectivity index (χ3n) is 3.96. The molecule has 0 saturated heterocycles. The van der Waals surface area contributed by atoms with Crippen LogP contribution in [-0.2, 0) is 11.3 Å². The van der Waals surface area contributed by atoms with Gasteiger partial charge in [-0.25, -0.2) is 0 Å². The zero-order valence-electron chi connectivity index (χ0n) is 13.9. The number of aryl methyl sites for hydroxylation is 1. The quantitative estimate of drug-likeness (QED) is 0.838. The maximum atomic E-state index is 12.2. The van der Waals surface area contributed by atoms with E-state index in [4.69, 9.17) is 11.6 Å². The summed E-state index contributed by atoms with van der Waals surface area (Å²) in [6, 6.07) is 15.8. The van der Waals surface area contributed by atoms with Crippen LogP contribution in [0.1, 0.15) is 29.7 Å². The van der Waals surface area contributed by atoms with Crippen molar-refractivity contribution in [2.75, 3.05) is 13.6 Å². The van der Waals surface area contributed by atoms with Crippen molar-refractivity contribution in [2.24, 2.45) is 0 Å². The van der Waals surface area contributed by atoms with Crippen molar-refractivity contribution in [2.45, 2.75) is 26.4 Å². The Labute approximate surface area is 143 Å². The molecule has 2 atom stereocenters. The van der Waals surface area contributed by atoms with E-state index in [0.29, 0.717) is 11.6 Å². The molecule has 0 fully saturated rings. The Balaban J connectivity index is 1.86. The molecule has 3 nitrogen and oxygen atoms in total. The predicted molar refractivity (Wildman–Crippen MR) is 94.6 cm³/mol. The molecule has 0 bridgehead atoms. The van der Waals surface area contributed by atoms with Crippen LogP contribution in [-0.4, -0.2) is 19.5 Å². The van der Waals surface area contributed by atoms with E-state index < -0.39 is 0 Å². The van der Waals surface area contributed by atoms with Gasteiger partial charge in [0.2, 0.25) is 0 Å². The van der Waals surface area contributed by atoms with E-state index in [0.717, 1.165) is 12.1 Å². The standard InChI is InChI=1S/C19H23ClN2O/c1-14-6-4-5-7-17(14)12-22(3)13-19(23)21-15(2)16-8-10-18(20)11-9-16/h4-11,15H,12-13H2,1-3H3,(H,21,23)/p+1/t15-/m0/s1. The molecule has 0 radical (unpaired) electrons. The minimum Gasteiger partial charge on any atom is -0.345 e. The van der Waals surface area contributed by atoms with Gasteiger partial charge < -0.3 is 10.2 Å². The number of rotatable bonds is 6. The lowest BCUT2D eigenvalue weighted by molar-refractivity contribution is -0.885. The van der Waals surface area contributed by atoms with Crippen molar-refractivity contribution in [1.29, 1.82) is 0 Å². The first-order valence-corrected chi connectivity index (χ1v) is 8.24. The molecule has 0 aliphatic carbocycles. The van der Waals surface area contributed by atoms with Crippen LogP contribution < -0.4 is 10.2 Å². The average Bonchev–Trinajstić information content (AvgIpc) is 2.50. The smallest absolute Gasteiger partial charge is 0.275 e. The van der Waals surface area contributed by atoms with Gasteiger partial charge in [-0.3, -0.25) is 4.79 Å². The molecule has 2 N–H and O–H groups in total. The number of carbonyl (C=O) groups excluding carboxylic acids is 1. The lowest BCUT2D eigenvalue weighted by Crippen LogP contribution is -3.09. The number of nitrogens with one attached hydrogen (secondary N) is 2. The molecule has 0 aliphatic rings. The summed E-state index contributed by atoms with van der Waals surface area (Å²) in [5.41, 5.74) is 3.60. The molecule has 0 aromatic heterocycles. The summed E-state index contributed by atoms with van der Waals surface area (Å²) in [6.45, 7) is 5.38. The van der Waals surface area contributed by atoms with Gasteiger partial charge in [-0.2, -0.15) is 0 Å². The highest BCUT2D eigenvalue weighted by Gasteiger charge is 2.14. The lowest BCUT2D eigenvalue weighted by Gasteiger charge is -2.18. The fourth-order valence-electron chi connectivity index (χ4n) is 2.60. The van der Waals surface area contributed by atoms with Gasteiger partial charge >= 0.3 is 0 Å². The zero-order valence-corrected chi connectivity index (χ0v) is 14.7. The molecule has 0 saturated carbocycles. The van der Waals surface area contributed by atoms with Gasteiger partial charge in [-0.05, 0) is 37.1 Å². The molecule has 0 heterocycles. The first kappa shape index (κ1) is 17.5. The van der Waals surface area contributed by atoms with Crippen LogP contribution >= 0.6 is 11.6 Å². The maximum Gasteiger partial charge on any atom is 0.275 e.